The number of halogens is 3. The first-order chi connectivity index (χ1) is 8.85. The van der Waals surface area contributed by atoms with Crippen molar-refractivity contribution in [2.75, 3.05) is 19.3 Å². The number of carbonyl (C=O) groups is 1. The number of hydrogen-bond donors (Lipinski definition) is 1. The number of hydrogen-bond acceptors (Lipinski definition) is 6. The fourth-order valence-corrected chi connectivity index (χ4v) is 1.19. The predicted octanol–water partition coefficient (Wildman–Crippen LogP) is 1.12. The van der Waals surface area contributed by atoms with Gasteiger partial charge in [0.05, 0.1) is 32.7 Å². The van der Waals surface area contributed by atoms with Crippen LogP contribution < -0.4 is 5.06 Å². The Balaban J connectivity index is 3.25. The van der Waals surface area contributed by atoms with Gasteiger partial charge in [0, 0.05) is 0 Å². The van der Waals surface area contributed by atoms with E-state index in [1.807, 2.05) is 0 Å². The van der Waals surface area contributed by atoms with Crippen molar-refractivity contribution < 1.29 is 32.6 Å². The van der Waals surface area contributed by atoms with Crippen LogP contribution in [0.1, 0.15) is 11.5 Å². The monoisotopic (exact) mass is 281 g/mol. The molecule has 0 aliphatic carbocycles. The van der Waals surface area contributed by atoms with Crippen LogP contribution in [-0.4, -0.2) is 35.4 Å². The number of amides is 1. The molecule has 0 unspecified atom stereocenters. The minimum Gasteiger partial charge on any atom is -0.451 e. The molecule has 1 rings (SSSR count). The third-order valence-electron chi connectivity index (χ3n) is 1.99. The van der Waals surface area contributed by atoms with Crippen molar-refractivity contribution in [3.05, 3.63) is 17.7 Å². The summed E-state index contributed by atoms with van der Waals surface area (Å²) in [5, 5.41) is 9.54. The molecule has 1 heterocycles. The van der Waals surface area contributed by atoms with E-state index in [0.717, 1.165) is 14.2 Å². The van der Waals surface area contributed by atoms with E-state index in [1.165, 1.54) is 0 Å². The minimum atomic E-state index is -4.76. The highest BCUT2D eigenvalue weighted by Crippen LogP contribution is 2.28. The topological polar surface area (TPSA) is 84.8 Å². The van der Waals surface area contributed by atoms with Gasteiger partial charge in [0.1, 0.15) is 5.69 Å². The van der Waals surface area contributed by atoms with Gasteiger partial charge in [-0.2, -0.15) is 13.2 Å². The molecule has 7 nitrogen and oxygen atoms in total. The molecule has 1 N–H and O–H groups in total. The van der Waals surface area contributed by atoms with Crippen molar-refractivity contribution >= 4 is 11.8 Å². The molecule has 0 atom stereocenters. The Morgan fingerprint density at radius 2 is 2.11 bits per heavy atom. The lowest BCUT2D eigenvalue weighted by Crippen LogP contribution is -2.31. The Morgan fingerprint density at radius 3 is 2.53 bits per heavy atom. The van der Waals surface area contributed by atoms with Crippen LogP contribution in [-0.2, 0) is 22.4 Å². The molecule has 106 valence electrons. The lowest BCUT2D eigenvalue weighted by atomic mass is 10.3. The first-order valence-electron chi connectivity index (χ1n) is 4.81. The highest BCUT2D eigenvalue weighted by molar-refractivity contribution is 5.85. The van der Waals surface area contributed by atoms with Crippen LogP contribution in [0.5, 0.6) is 0 Å². The lowest BCUT2D eigenvalue weighted by Gasteiger charge is -2.19. The predicted molar refractivity (Wildman–Crippen MR) is 54.8 cm³/mol. The molecule has 0 aliphatic heterocycles. The number of aliphatic hydroxyl groups excluding tert-OH is 1. The number of aliphatic hydroxyl groups is 1. The Labute approximate surface area is 105 Å². The van der Waals surface area contributed by atoms with Crippen LogP contribution in [0.4, 0.5) is 23.7 Å². The van der Waals surface area contributed by atoms with Crippen molar-refractivity contribution in [1.29, 1.82) is 0 Å². The number of aromatic nitrogens is 2. The van der Waals surface area contributed by atoms with Gasteiger partial charge in [-0.05, 0) is 0 Å². The first-order valence-corrected chi connectivity index (χ1v) is 4.81. The summed E-state index contributed by atoms with van der Waals surface area (Å²) in [4.78, 5) is 22.2. The molecule has 0 aromatic carbocycles. The van der Waals surface area contributed by atoms with Crippen LogP contribution in [0.3, 0.4) is 0 Å². The number of hydroxylamine groups is 1. The Morgan fingerprint density at radius 1 is 1.47 bits per heavy atom. The quantitative estimate of drug-likeness (QED) is 0.836. The van der Waals surface area contributed by atoms with E-state index in [4.69, 9.17) is 5.11 Å². The molecule has 19 heavy (non-hydrogen) atoms. The third-order valence-corrected chi connectivity index (χ3v) is 1.99. The van der Waals surface area contributed by atoms with E-state index >= 15 is 0 Å². The largest absolute Gasteiger partial charge is 0.451 e. The van der Waals surface area contributed by atoms with Gasteiger partial charge in [0.25, 0.3) is 0 Å². The summed E-state index contributed by atoms with van der Waals surface area (Å²) in [5.74, 6) is -1.43. The zero-order chi connectivity index (χ0) is 14.6. The third kappa shape index (κ3) is 3.29. The molecule has 0 spiro atoms. The second-order valence-electron chi connectivity index (χ2n) is 3.13. The summed E-state index contributed by atoms with van der Waals surface area (Å²) in [6.07, 6.45) is -5.05. The second-order valence-corrected chi connectivity index (χ2v) is 3.13. The van der Waals surface area contributed by atoms with Crippen molar-refractivity contribution in [1.82, 2.24) is 9.97 Å². The van der Waals surface area contributed by atoms with Crippen LogP contribution >= 0.6 is 0 Å². The molecule has 1 aromatic rings. The van der Waals surface area contributed by atoms with E-state index < -0.39 is 30.4 Å². The van der Waals surface area contributed by atoms with Gasteiger partial charge in [-0.15, -0.1) is 5.06 Å². The molecular weight excluding hydrogens is 271 g/mol. The van der Waals surface area contributed by atoms with Gasteiger partial charge in [-0.1, -0.05) is 0 Å². The minimum absolute atomic E-state index is 0.246. The summed E-state index contributed by atoms with van der Waals surface area (Å²) in [7, 11) is 2.15. The summed E-state index contributed by atoms with van der Waals surface area (Å²) in [5.41, 5.74) is -0.667. The zero-order valence-corrected chi connectivity index (χ0v) is 9.93. The molecule has 0 aliphatic rings. The SMILES string of the molecule is COC(=O)N(OC)c1cnc(C(F)(F)F)nc1CO. The average molecular weight is 281 g/mol. The van der Waals surface area contributed by atoms with Crippen LogP contribution in [0.15, 0.2) is 6.20 Å². The van der Waals surface area contributed by atoms with Gasteiger partial charge in [0.15, 0.2) is 0 Å². The molecule has 0 bridgehead atoms. The highest BCUT2D eigenvalue weighted by Gasteiger charge is 2.36. The number of rotatable bonds is 3. The number of alkyl halides is 3. The van der Waals surface area contributed by atoms with E-state index in [2.05, 4.69) is 19.5 Å². The van der Waals surface area contributed by atoms with E-state index in [9.17, 15) is 18.0 Å². The lowest BCUT2D eigenvalue weighted by molar-refractivity contribution is -0.145. The van der Waals surface area contributed by atoms with Crippen LogP contribution in [0, 0.1) is 0 Å². The number of ether oxygens (including phenoxy) is 1. The van der Waals surface area contributed by atoms with Crippen LogP contribution in [0.25, 0.3) is 0 Å². The van der Waals surface area contributed by atoms with E-state index in [0.29, 0.717) is 11.3 Å². The van der Waals surface area contributed by atoms with Gasteiger partial charge in [-0.25, -0.2) is 14.8 Å². The van der Waals surface area contributed by atoms with Crippen molar-refractivity contribution in [2.24, 2.45) is 0 Å². The summed E-state index contributed by atoms with van der Waals surface area (Å²) >= 11 is 0. The van der Waals surface area contributed by atoms with Crippen molar-refractivity contribution in [3.63, 3.8) is 0 Å². The molecule has 0 saturated carbocycles. The molecule has 0 radical (unpaired) electrons. The standard InChI is InChI=1S/C9H10F3N3O4/c1-18-8(17)15(19-2)6-3-13-7(9(10,11)12)14-5(6)4-16/h3,16H,4H2,1-2H3. The van der Waals surface area contributed by atoms with Gasteiger partial charge in [0.2, 0.25) is 5.82 Å². The van der Waals surface area contributed by atoms with Crippen molar-refractivity contribution in [3.8, 4) is 0 Å². The smallest absolute Gasteiger partial charge is 0.451 e. The molecule has 1 aromatic heterocycles. The van der Waals surface area contributed by atoms with Gasteiger partial charge < -0.3 is 9.84 Å². The Kier molecular flexibility index (Phi) is 4.62. The highest BCUT2D eigenvalue weighted by atomic mass is 19.4. The summed E-state index contributed by atoms with van der Waals surface area (Å²) in [6.45, 7) is -0.836. The molecule has 0 saturated heterocycles. The normalized spacial score (nSPS) is 11.3. The number of methoxy groups -OCH3 is 1. The summed E-state index contributed by atoms with van der Waals surface area (Å²) < 4.78 is 41.6. The molecule has 0 fully saturated rings. The van der Waals surface area contributed by atoms with Gasteiger partial charge in [-0.3, -0.25) is 4.84 Å². The molecule has 10 heteroatoms. The molecule has 1 amide bonds. The fraction of sp³-hybridized carbons (Fsp3) is 0.444. The maximum absolute atomic E-state index is 12.4. The van der Waals surface area contributed by atoms with E-state index in [1.54, 1.807) is 0 Å². The van der Waals surface area contributed by atoms with Crippen LogP contribution in [0.2, 0.25) is 0 Å². The van der Waals surface area contributed by atoms with E-state index in [-0.39, 0.29) is 5.69 Å². The number of carbonyl (C=O) groups excluding carboxylic acids is 1. The first kappa shape index (κ1) is 15.1. The molecular formula is C9H10F3N3O4. The van der Waals surface area contributed by atoms with Crippen molar-refractivity contribution in [2.45, 2.75) is 12.8 Å². The van der Waals surface area contributed by atoms with Gasteiger partial charge >= 0.3 is 12.3 Å². The number of nitrogens with zero attached hydrogens (tertiary/aromatic N) is 3. The number of anilines is 1. The Hall–Kier alpha value is -1.94. The average Bonchev–Trinajstić information content (AvgIpc) is 2.38. The maximum atomic E-state index is 12.4. The second kappa shape index (κ2) is 5.80. The fourth-order valence-electron chi connectivity index (χ4n) is 1.19. The Bertz CT molecular complexity index is 467. The maximum Gasteiger partial charge on any atom is 0.451 e. The summed E-state index contributed by atoms with van der Waals surface area (Å²) in [6, 6.07) is 0. The zero-order valence-electron chi connectivity index (χ0n) is 9.93.